The zero-order valence-electron chi connectivity index (χ0n) is 8.92. The van der Waals surface area contributed by atoms with Gasteiger partial charge in [-0.05, 0) is 19.5 Å². The minimum Gasteiger partial charge on any atom is -0.350 e. The Morgan fingerprint density at radius 2 is 2.14 bits per heavy atom. The number of hydrogen-bond acceptors (Lipinski definition) is 3. The summed E-state index contributed by atoms with van der Waals surface area (Å²) in [5.74, 6) is 0.898. The van der Waals surface area contributed by atoms with Crippen LogP contribution in [0.15, 0.2) is 0 Å². The van der Waals surface area contributed by atoms with Crippen molar-refractivity contribution in [3.8, 4) is 0 Å². The van der Waals surface area contributed by atoms with Crippen LogP contribution < -0.4 is 10.6 Å². The summed E-state index contributed by atoms with van der Waals surface area (Å²) in [6, 6.07) is 0.389. The third kappa shape index (κ3) is 1.91. The van der Waals surface area contributed by atoms with E-state index in [4.69, 9.17) is 0 Å². The summed E-state index contributed by atoms with van der Waals surface area (Å²) in [6.45, 7) is 5.95. The van der Waals surface area contributed by atoms with Crippen molar-refractivity contribution in [2.45, 2.75) is 13.0 Å². The molecular formula is C10H19N3O. The molecule has 14 heavy (non-hydrogen) atoms. The highest BCUT2D eigenvalue weighted by molar-refractivity contribution is 5.80. The average molecular weight is 197 g/mol. The Morgan fingerprint density at radius 1 is 1.43 bits per heavy atom. The highest BCUT2D eigenvalue weighted by atomic mass is 16.2. The van der Waals surface area contributed by atoms with Gasteiger partial charge in [-0.3, -0.25) is 4.79 Å². The molecule has 0 bridgehead atoms. The molecule has 4 heteroatoms. The summed E-state index contributed by atoms with van der Waals surface area (Å²) in [7, 11) is 2.07. The number of nitrogens with one attached hydrogen (secondary N) is 2. The van der Waals surface area contributed by atoms with Crippen LogP contribution in [-0.4, -0.2) is 50.1 Å². The van der Waals surface area contributed by atoms with E-state index in [9.17, 15) is 4.79 Å². The van der Waals surface area contributed by atoms with Crippen molar-refractivity contribution in [1.29, 1.82) is 0 Å². The lowest BCUT2D eigenvalue weighted by molar-refractivity contribution is -0.127. The van der Waals surface area contributed by atoms with Crippen LogP contribution in [0.3, 0.4) is 0 Å². The van der Waals surface area contributed by atoms with Crippen molar-refractivity contribution >= 4 is 5.91 Å². The molecule has 0 aromatic carbocycles. The first-order chi connectivity index (χ1) is 6.66. The van der Waals surface area contributed by atoms with E-state index in [-0.39, 0.29) is 11.8 Å². The number of carbonyl (C=O) groups is 1. The maximum atomic E-state index is 11.8. The van der Waals surface area contributed by atoms with E-state index in [2.05, 4.69) is 29.5 Å². The van der Waals surface area contributed by atoms with Crippen molar-refractivity contribution in [2.24, 2.45) is 11.8 Å². The van der Waals surface area contributed by atoms with E-state index in [1.54, 1.807) is 0 Å². The second-order valence-corrected chi connectivity index (χ2v) is 4.67. The number of carbonyl (C=O) groups excluding carboxylic acids is 1. The lowest BCUT2D eigenvalue weighted by Crippen LogP contribution is -2.58. The molecule has 0 aliphatic carbocycles. The average Bonchev–Trinajstić information content (AvgIpc) is 2.48. The highest BCUT2D eigenvalue weighted by Gasteiger charge is 2.32. The fraction of sp³-hybridized carbons (Fsp3) is 0.900. The second-order valence-electron chi connectivity index (χ2n) is 4.67. The SMILES string of the molecule is C[C@@H]1CNC[C@H]1C(=O)NC1CN(C)C1. The van der Waals surface area contributed by atoms with Crippen molar-refractivity contribution in [3.63, 3.8) is 0 Å². The molecule has 4 nitrogen and oxygen atoms in total. The maximum absolute atomic E-state index is 11.8. The molecule has 1 amide bonds. The molecule has 80 valence electrons. The second kappa shape index (κ2) is 3.87. The van der Waals surface area contributed by atoms with E-state index in [0.717, 1.165) is 26.2 Å². The van der Waals surface area contributed by atoms with Gasteiger partial charge in [-0.1, -0.05) is 6.92 Å². The zero-order valence-corrected chi connectivity index (χ0v) is 8.92. The summed E-state index contributed by atoms with van der Waals surface area (Å²) in [4.78, 5) is 14.0. The largest absolute Gasteiger partial charge is 0.350 e. The number of hydrogen-bond donors (Lipinski definition) is 2. The predicted molar refractivity (Wildman–Crippen MR) is 55.0 cm³/mol. The van der Waals surface area contributed by atoms with Crippen LogP contribution in [-0.2, 0) is 4.79 Å². The van der Waals surface area contributed by atoms with Gasteiger partial charge in [0.25, 0.3) is 0 Å². The van der Waals surface area contributed by atoms with Crippen LogP contribution in [0.2, 0.25) is 0 Å². The predicted octanol–water partition coefficient (Wildman–Crippen LogP) is -0.728. The van der Waals surface area contributed by atoms with Crippen LogP contribution in [0.25, 0.3) is 0 Å². The molecule has 2 atom stereocenters. The van der Waals surface area contributed by atoms with Crippen LogP contribution >= 0.6 is 0 Å². The van der Waals surface area contributed by atoms with Gasteiger partial charge in [0.1, 0.15) is 0 Å². The van der Waals surface area contributed by atoms with Gasteiger partial charge in [-0.25, -0.2) is 0 Å². The van der Waals surface area contributed by atoms with Crippen molar-refractivity contribution in [2.75, 3.05) is 33.2 Å². The number of likely N-dealkylation sites (tertiary alicyclic amines) is 1. The fourth-order valence-corrected chi connectivity index (χ4v) is 2.26. The quantitative estimate of drug-likeness (QED) is 0.613. The summed E-state index contributed by atoms with van der Waals surface area (Å²) in [5.41, 5.74) is 0. The normalized spacial score (nSPS) is 34.1. The minimum atomic E-state index is 0.181. The number of likely N-dealkylation sites (N-methyl/N-ethyl adjacent to an activating group) is 1. The molecule has 0 spiro atoms. The fourth-order valence-electron chi connectivity index (χ4n) is 2.26. The Balaban J connectivity index is 1.78. The first-order valence-electron chi connectivity index (χ1n) is 5.36. The summed E-state index contributed by atoms with van der Waals surface area (Å²) in [6.07, 6.45) is 0. The molecule has 0 radical (unpaired) electrons. The van der Waals surface area contributed by atoms with E-state index in [1.165, 1.54) is 0 Å². The van der Waals surface area contributed by atoms with E-state index < -0.39 is 0 Å². The number of nitrogens with zero attached hydrogens (tertiary/aromatic N) is 1. The molecule has 0 aromatic heterocycles. The Labute approximate surface area is 85.0 Å². The van der Waals surface area contributed by atoms with Crippen LogP contribution in [0, 0.1) is 11.8 Å². The molecular weight excluding hydrogens is 178 g/mol. The molecule has 2 fully saturated rings. The third-order valence-electron chi connectivity index (χ3n) is 3.26. The van der Waals surface area contributed by atoms with Gasteiger partial charge in [0, 0.05) is 19.6 Å². The van der Waals surface area contributed by atoms with Crippen molar-refractivity contribution < 1.29 is 4.79 Å². The number of amides is 1. The zero-order chi connectivity index (χ0) is 10.1. The molecule has 2 heterocycles. The monoisotopic (exact) mass is 197 g/mol. The molecule has 2 saturated heterocycles. The summed E-state index contributed by atoms with van der Waals surface area (Å²) in [5, 5.41) is 6.35. The van der Waals surface area contributed by atoms with Gasteiger partial charge in [0.2, 0.25) is 5.91 Å². The Hall–Kier alpha value is -0.610. The molecule has 2 rings (SSSR count). The first-order valence-corrected chi connectivity index (χ1v) is 5.36. The molecule has 0 saturated carbocycles. The molecule has 0 aromatic rings. The van der Waals surface area contributed by atoms with E-state index >= 15 is 0 Å². The van der Waals surface area contributed by atoms with Crippen molar-refractivity contribution in [3.05, 3.63) is 0 Å². The van der Waals surface area contributed by atoms with Gasteiger partial charge in [0.05, 0.1) is 12.0 Å². The van der Waals surface area contributed by atoms with Gasteiger partial charge < -0.3 is 15.5 Å². The number of rotatable bonds is 2. The molecule has 2 N–H and O–H groups in total. The third-order valence-corrected chi connectivity index (χ3v) is 3.26. The van der Waals surface area contributed by atoms with Gasteiger partial charge >= 0.3 is 0 Å². The lowest BCUT2D eigenvalue weighted by atomic mass is 9.96. The van der Waals surface area contributed by atoms with E-state index in [0.29, 0.717) is 12.0 Å². The minimum absolute atomic E-state index is 0.181. The standard InChI is InChI=1S/C10H19N3O/c1-7-3-11-4-9(7)10(14)12-8-5-13(2)6-8/h7-9,11H,3-6H2,1-2H3,(H,12,14)/t7-,9-/m1/s1. The van der Waals surface area contributed by atoms with Crippen LogP contribution in [0.1, 0.15) is 6.92 Å². The van der Waals surface area contributed by atoms with Crippen LogP contribution in [0.5, 0.6) is 0 Å². The van der Waals surface area contributed by atoms with E-state index in [1.807, 2.05) is 0 Å². The van der Waals surface area contributed by atoms with Crippen molar-refractivity contribution in [1.82, 2.24) is 15.5 Å². The first kappa shape index (κ1) is 9.93. The lowest BCUT2D eigenvalue weighted by Gasteiger charge is -2.37. The van der Waals surface area contributed by atoms with Gasteiger partial charge in [0.15, 0.2) is 0 Å². The topological polar surface area (TPSA) is 44.4 Å². The Morgan fingerprint density at radius 3 is 2.64 bits per heavy atom. The molecule has 2 aliphatic rings. The maximum Gasteiger partial charge on any atom is 0.225 e. The molecule has 2 aliphatic heterocycles. The van der Waals surface area contributed by atoms with Crippen LogP contribution in [0.4, 0.5) is 0 Å². The Kier molecular flexibility index (Phi) is 2.74. The van der Waals surface area contributed by atoms with Gasteiger partial charge in [-0.15, -0.1) is 0 Å². The highest BCUT2D eigenvalue weighted by Crippen LogP contribution is 2.16. The summed E-state index contributed by atoms with van der Waals surface area (Å²) < 4.78 is 0. The smallest absolute Gasteiger partial charge is 0.225 e. The van der Waals surface area contributed by atoms with Gasteiger partial charge in [-0.2, -0.15) is 0 Å². The summed E-state index contributed by atoms with van der Waals surface area (Å²) >= 11 is 0. The Bertz CT molecular complexity index is 225. The molecule has 0 unspecified atom stereocenters.